The van der Waals surface area contributed by atoms with Crippen LogP contribution >= 0.6 is 27.5 Å². The number of benzene rings is 1. The summed E-state index contributed by atoms with van der Waals surface area (Å²) in [6, 6.07) is 0.950. The monoisotopic (exact) mass is 399 g/mol. The van der Waals surface area contributed by atoms with E-state index in [1.54, 1.807) is 0 Å². The molecule has 0 saturated carbocycles. The predicted octanol–water partition coefficient (Wildman–Crippen LogP) is 1.02. The molecule has 7 nitrogen and oxygen atoms in total. The first-order valence-electron chi connectivity index (χ1n) is 5.75. The molecular weight excluding hydrogens is 390 g/mol. The molecule has 1 aromatic carbocycles. The summed E-state index contributed by atoms with van der Waals surface area (Å²) < 4.78 is 25.8. The molecule has 0 unspecified atom stereocenters. The predicted molar refractivity (Wildman–Crippen MR) is 76.8 cm³/mol. The second kappa shape index (κ2) is 5.73. The molecule has 2 rings (SSSR count). The molecule has 1 aliphatic heterocycles. The summed E-state index contributed by atoms with van der Waals surface area (Å²) in [5.41, 5.74) is 0. The minimum atomic E-state index is -4.31. The fraction of sp³-hybridized carbons (Fsp3) is 0.364. The number of aliphatic carboxylic acids is 1. The SMILES string of the molecule is O=C(O)[C@@H]1C[C@@H](O)CN1S(=O)(=O)c1cc(Cl)cc(Br)c1O. The number of carbonyl (C=O) groups is 1. The number of halogens is 2. The van der Waals surface area contributed by atoms with Gasteiger partial charge in [-0.25, -0.2) is 8.42 Å². The van der Waals surface area contributed by atoms with Gasteiger partial charge >= 0.3 is 5.97 Å². The van der Waals surface area contributed by atoms with Crippen molar-refractivity contribution in [2.45, 2.75) is 23.5 Å². The summed E-state index contributed by atoms with van der Waals surface area (Å²) >= 11 is 8.74. The number of phenols is 1. The lowest BCUT2D eigenvalue weighted by atomic mass is 10.2. The van der Waals surface area contributed by atoms with Crippen molar-refractivity contribution in [2.75, 3.05) is 6.54 Å². The highest BCUT2D eigenvalue weighted by Gasteiger charge is 2.44. The largest absolute Gasteiger partial charge is 0.505 e. The molecule has 1 saturated heterocycles. The van der Waals surface area contributed by atoms with E-state index in [9.17, 15) is 23.4 Å². The number of rotatable bonds is 3. The molecule has 0 bridgehead atoms. The molecule has 21 heavy (non-hydrogen) atoms. The number of hydrogen-bond acceptors (Lipinski definition) is 5. The number of nitrogens with zero attached hydrogens (tertiary/aromatic N) is 1. The molecule has 1 heterocycles. The zero-order valence-corrected chi connectivity index (χ0v) is 13.6. The number of sulfonamides is 1. The molecule has 0 amide bonds. The van der Waals surface area contributed by atoms with Gasteiger partial charge in [-0.05, 0) is 28.1 Å². The third kappa shape index (κ3) is 3.02. The van der Waals surface area contributed by atoms with Crippen LogP contribution in [0.5, 0.6) is 5.75 Å². The van der Waals surface area contributed by atoms with E-state index in [1.807, 2.05) is 0 Å². The van der Waals surface area contributed by atoms with Gasteiger partial charge in [0.05, 0.1) is 10.6 Å². The molecule has 0 spiro atoms. The summed E-state index contributed by atoms with van der Waals surface area (Å²) in [5.74, 6) is -1.93. The minimum absolute atomic E-state index is 0.0601. The van der Waals surface area contributed by atoms with Crippen molar-refractivity contribution in [1.29, 1.82) is 0 Å². The molecule has 116 valence electrons. The van der Waals surface area contributed by atoms with E-state index < -0.39 is 38.8 Å². The Morgan fingerprint density at radius 2 is 2.05 bits per heavy atom. The normalized spacial score (nSPS) is 23.4. The van der Waals surface area contributed by atoms with Crippen LogP contribution < -0.4 is 0 Å². The number of aliphatic hydroxyl groups excluding tert-OH is 1. The van der Waals surface area contributed by atoms with Gasteiger partial charge in [0.2, 0.25) is 10.0 Å². The lowest BCUT2D eigenvalue weighted by Crippen LogP contribution is -2.40. The third-order valence-corrected chi connectivity index (χ3v) is 5.81. The molecule has 10 heteroatoms. The topological polar surface area (TPSA) is 115 Å². The highest BCUT2D eigenvalue weighted by atomic mass is 79.9. The van der Waals surface area contributed by atoms with Crippen molar-refractivity contribution < 1.29 is 28.5 Å². The number of aliphatic hydroxyl groups is 1. The zero-order valence-electron chi connectivity index (χ0n) is 10.4. The van der Waals surface area contributed by atoms with Crippen LogP contribution in [0, 0.1) is 0 Å². The fourth-order valence-electron chi connectivity index (χ4n) is 2.14. The van der Waals surface area contributed by atoms with Crippen molar-refractivity contribution in [3.63, 3.8) is 0 Å². The number of carboxylic acids is 1. The smallest absolute Gasteiger partial charge is 0.322 e. The van der Waals surface area contributed by atoms with E-state index in [0.29, 0.717) is 4.31 Å². The number of hydrogen-bond donors (Lipinski definition) is 3. The molecule has 3 N–H and O–H groups in total. The molecule has 0 aromatic heterocycles. The second-order valence-electron chi connectivity index (χ2n) is 4.55. The van der Waals surface area contributed by atoms with Gasteiger partial charge in [0.1, 0.15) is 16.7 Å². The average molecular weight is 401 g/mol. The van der Waals surface area contributed by atoms with Crippen molar-refractivity contribution >= 4 is 43.5 Å². The average Bonchev–Trinajstić information content (AvgIpc) is 2.76. The first-order chi connectivity index (χ1) is 9.64. The molecule has 1 fully saturated rings. The maximum Gasteiger partial charge on any atom is 0.322 e. The standard InChI is InChI=1S/C11H11BrClNO6S/c12-7-1-5(13)2-9(10(7)16)21(19,20)14-4-6(15)3-8(14)11(17)18/h1-2,6,8,15-16H,3-4H2,(H,17,18)/t6-,8+/m1/s1. The Hall–Kier alpha value is -0.870. The Balaban J connectivity index is 2.54. The van der Waals surface area contributed by atoms with Gasteiger partial charge in [-0.2, -0.15) is 4.31 Å². The van der Waals surface area contributed by atoms with E-state index in [1.165, 1.54) is 6.07 Å². The molecule has 1 aliphatic rings. The van der Waals surface area contributed by atoms with Gasteiger partial charge in [0.15, 0.2) is 0 Å². The van der Waals surface area contributed by atoms with E-state index >= 15 is 0 Å². The van der Waals surface area contributed by atoms with E-state index in [2.05, 4.69) is 15.9 Å². The number of carboxylic acid groups (broad SMARTS) is 1. The van der Waals surface area contributed by atoms with Crippen LogP contribution in [0.4, 0.5) is 0 Å². The fourth-order valence-corrected chi connectivity index (χ4v) is 4.91. The summed E-state index contributed by atoms with van der Waals surface area (Å²) in [4.78, 5) is 10.6. The Labute approximate surface area is 133 Å². The van der Waals surface area contributed by atoms with Crippen LogP contribution in [0.25, 0.3) is 0 Å². The lowest BCUT2D eigenvalue weighted by Gasteiger charge is -2.21. The van der Waals surface area contributed by atoms with Gasteiger partial charge in [0, 0.05) is 18.0 Å². The van der Waals surface area contributed by atoms with Crippen molar-refractivity contribution in [2.24, 2.45) is 0 Å². The molecule has 2 atom stereocenters. The number of aromatic hydroxyl groups is 1. The van der Waals surface area contributed by atoms with Crippen molar-refractivity contribution in [3.8, 4) is 5.75 Å². The number of β-amino-alcohol motifs (C(OH)–C–C–N with tert-alkyl or cyclic N) is 1. The van der Waals surface area contributed by atoms with Gasteiger partial charge in [0.25, 0.3) is 0 Å². The van der Waals surface area contributed by atoms with E-state index in [-0.39, 0.29) is 22.5 Å². The Morgan fingerprint density at radius 3 is 2.62 bits per heavy atom. The summed E-state index contributed by atoms with van der Waals surface area (Å²) in [7, 11) is -4.31. The van der Waals surface area contributed by atoms with Gasteiger partial charge < -0.3 is 15.3 Å². The summed E-state index contributed by atoms with van der Waals surface area (Å²) in [5, 5.41) is 28.6. The maximum atomic E-state index is 12.5. The Bertz CT molecular complexity index is 694. The third-order valence-electron chi connectivity index (χ3n) is 3.10. The van der Waals surface area contributed by atoms with E-state index in [4.69, 9.17) is 16.7 Å². The Morgan fingerprint density at radius 1 is 1.43 bits per heavy atom. The molecular formula is C11H11BrClNO6S. The Kier molecular flexibility index (Phi) is 4.50. The first kappa shape index (κ1) is 16.5. The summed E-state index contributed by atoms with van der Waals surface area (Å²) in [6.07, 6.45) is -1.29. The highest BCUT2D eigenvalue weighted by Crippen LogP contribution is 2.37. The van der Waals surface area contributed by atoms with Gasteiger partial charge in [-0.3, -0.25) is 4.79 Å². The minimum Gasteiger partial charge on any atom is -0.505 e. The molecule has 0 radical (unpaired) electrons. The quantitative estimate of drug-likeness (QED) is 0.698. The summed E-state index contributed by atoms with van der Waals surface area (Å²) in [6.45, 7) is -0.358. The lowest BCUT2D eigenvalue weighted by molar-refractivity contribution is -0.140. The van der Waals surface area contributed by atoms with Crippen LogP contribution in [0.3, 0.4) is 0 Å². The van der Waals surface area contributed by atoms with Crippen molar-refractivity contribution in [3.05, 3.63) is 21.6 Å². The number of phenolic OH excluding ortho intramolecular Hbond substituents is 1. The van der Waals surface area contributed by atoms with Crippen LogP contribution in [-0.4, -0.2) is 52.7 Å². The van der Waals surface area contributed by atoms with Gasteiger partial charge in [-0.15, -0.1) is 0 Å². The first-order valence-corrected chi connectivity index (χ1v) is 8.36. The molecule has 1 aromatic rings. The second-order valence-corrected chi connectivity index (χ2v) is 7.70. The zero-order chi connectivity index (χ0) is 15.9. The van der Waals surface area contributed by atoms with Crippen molar-refractivity contribution in [1.82, 2.24) is 4.31 Å². The van der Waals surface area contributed by atoms with Crippen LogP contribution in [0.15, 0.2) is 21.5 Å². The van der Waals surface area contributed by atoms with Crippen LogP contribution in [-0.2, 0) is 14.8 Å². The maximum absolute atomic E-state index is 12.5. The highest BCUT2D eigenvalue weighted by molar-refractivity contribution is 9.10. The van der Waals surface area contributed by atoms with Crippen LogP contribution in [0.2, 0.25) is 5.02 Å². The van der Waals surface area contributed by atoms with E-state index in [0.717, 1.165) is 6.07 Å². The van der Waals surface area contributed by atoms with Gasteiger partial charge in [-0.1, -0.05) is 11.6 Å². The van der Waals surface area contributed by atoms with Crippen LogP contribution in [0.1, 0.15) is 6.42 Å². The molecule has 0 aliphatic carbocycles.